The number of nitrogens with one attached hydrogen (secondary N) is 1. The Labute approximate surface area is 140 Å². The number of benzene rings is 2. The van der Waals surface area contributed by atoms with Crippen LogP contribution >= 0.6 is 31.9 Å². The van der Waals surface area contributed by atoms with Gasteiger partial charge in [-0.3, -0.25) is 4.79 Å². The molecule has 3 rings (SSSR count). The molecule has 0 bridgehead atoms. The van der Waals surface area contributed by atoms with Crippen molar-refractivity contribution in [1.82, 2.24) is 0 Å². The third-order valence-electron chi connectivity index (χ3n) is 3.69. The first-order valence-electron chi connectivity index (χ1n) is 6.63. The molecule has 2 aromatic rings. The molecule has 1 aliphatic heterocycles. The summed E-state index contributed by atoms with van der Waals surface area (Å²) in [5.41, 5.74) is 3.10. The van der Waals surface area contributed by atoms with Gasteiger partial charge in [-0.15, -0.1) is 0 Å². The van der Waals surface area contributed by atoms with Crippen molar-refractivity contribution in [2.24, 2.45) is 0 Å². The molecule has 3 nitrogen and oxygen atoms in total. The summed E-state index contributed by atoms with van der Waals surface area (Å²) in [4.78, 5) is 13.9. The molecular weight excluding hydrogens is 396 g/mol. The number of carbonyl (C=O) groups excluding carboxylic acids is 1. The van der Waals surface area contributed by atoms with Crippen molar-refractivity contribution in [3.05, 3.63) is 57.0 Å². The third-order valence-corrected chi connectivity index (χ3v) is 4.84. The van der Waals surface area contributed by atoms with Gasteiger partial charge in [0.15, 0.2) is 0 Å². The molecule has 0 spiro atoms. The molecule has 1 aliphatic rings. The van der Waals surface area contributed by atoms with Crippen molar-refractivity contribution in [2.75, 3.05) is 17.3 Å². The van der Waals surface area contributed by atoms with Gasteiger partial charge in [0.05, 0.1) is 12.5 Å². The molecule has 1 atom stereocenters. The first-order chi connectivity index (χ1) is 10.1. The average molecular weight is 410 g/mol. The summed E-state index contributed by atoms with van der Waals surface area (Å²) in [5.74, 6) is 0.124. The number of hydrogen-bond donors (Lipinski definition) is 1. The van der Waals surface area contributed by atoms with Gasteiger partial charge in [-0.25, -0.2) is 0 Å². The molecule has 0 saturated carbocycles. The molecule has 0 aromatic heterocycles. The maximum absolute atomic E-state index is 12.2. The van der Waals surface area contributed by atoms with Gasteiger partial charge in [-0.05, 0) is 45.8 Å². The maximum Gasteiger partial charge on any atom is 0.229 e. The molecule has 1 unspecified atom stereocenters. The van der Waals surface area contributed by atoms with Gasteiger partial charge in [0.2, 0.25) is 5.91 Å². The highest BCUT2D eigenvalue weighted by Crippen LogP contribution is 2.37. The highest BCUT2D eigenvalue weighted by Gasteiger charge is 2.28. The van der Waals surface area contributed by atoms with Gasteiger partial charge in [-0.2, -0.15) is 0 Å². The predicted octanol–water partition coefficient (Wildman–Crippen LogP) is 4.73. The lowest BCUT2D eigenvalue weighted by Crippen LogP contribution is -2.35. The van der Waals surface area contributed by atoms with Crippen LogP contribution in [0.15, 0.2) is 51.4 Å². The minimum Gasteiger partial charge on any atom is -0.377 e. The zero-order chi connectivity index (χ0) is 15.0. The highest BCUT2D eigenvalue weighted by atomic mass is 79.9. The van der Waals surface area contributed by atoms with E-state index >= 15 is 0 Å². The molecule has 1 heterocycles. The van der Waals surface area contributed by atoms with Gasteiger partial charge in [0.1, 0.15) is 0 Å². The summed E-state index contributed by atoms with van der Waals surface area (Å²) in [6.45, 7) is 0. The molecule has 1 N–H and O–H groups in total. The van der Waals surface area contributed by atoms with E-state index in [1.54, 1.807) is 4.90 Å². The molecule has 0 fully saturated rings. The predicted molar refractivity (Wildman–Crippen MR) is 92.7 cm³/mol. The minimum absolute atomic E-state index is 0.0117. The lowest BCUT2D eigenvalue weighted by atomic mass is 9.96. The summed E-state index contributed by atoms with van der Waals surface area (Å²) in [5, 5.41) is 3.47. The van der Waals surface area contributed by atoms with Crippen LogP contribution in [0.3, 0.4) is 0 Å². The Bertz CT molecular complexity index is 702. The zero-order valence-corrected chi connectivity index (χ0v) is 14.6. The van der Waals surface area contributed by atoms with Crippen molar-refractivity contribution in [3.8, 4) is 0 Å². The standard InChI is InChI=1S/C16H14Br2N2O/c1-20-15-5-3-2-4-11(15)14(9-16(20)21)19-13-7-6-10(17)8-12(13)18/h2-8,14,19H,9H2,1H3. The number of halogens is 2. The third kappa shape index (κ3) is 2.85. The van der Waals surface area contributed by atoms with Crippen LogP contribution in [0, 0.1) is 0 Å². The second-order valence-electron chi connectivity index (χ2n) is 5.04. The smallest absolute Gasteiger partial charge is 0.229 e. The van der Waals surface area contributed by atoms with Crippen LogP contribution in [-0.4, -0.2) is 13.0 Å². The van der Waals surface area contributed by atoms with Gasteiger partial charge in [0, 0.05) is 27.4 Å². The lowest BCUT2D eigenvalue weighted by molar-refractivity contribution is -0.118. The van der Waals surface area contributed by atoms with Gasteiger partial charge in [-0.1, -0.05) is 34.1 Å². The number of fused-ring (bicyclic) bond motifs is 1. The molecular formula is C16H14Br2N2O. The number of carbonyl (C=O) groups is 1. The number of nitrogens with zero attached hydrogens (tertiary/aromatic N) is 1. The van der Waals surface area contributed by atoms with E-state index < -0.39 is 0 Å². The van der Waals surface area contributed by atoms with E-state index in [-0.39, 0.29) is 11.9 Å². The Morgan fingerprint density at radius 1 is 1.19 bits per heavy atom. The van der Waals surface area contributed by atoms with E-state index in [9.17, 15) is 4.79 Å². The second kappa shape index (κ2) is 5.81. The molecule has 2 aromatic carbocycles. The van der Waals surface area contributed by atoms with Crippen LogP contribution in [0.1, 0.15) is 18.0 Å². The van der Waals surface area contributed by atoms with Gasteiger partial charge < -0.3 is 10.2 Å². The monoisotopic (exact) mass is 408 g/mol. The molecule has 1 amide bonds. The molecule has 5 heteroatoms. The number of anilines is 2. The Balaban J connectivity index is 1.96. The number of amides is 1. The second-order valence-corrected chi connectivity index (χ2v) is 6.81. The summed E-state index contributed by atoms with van der Waals surface area (Å²) in [6, 6.07) is 14.0. The maximum atomic E-state index is 12.2. The Morgan fingerprint density at radius 2 is 1.95 bits per heavy atom. The molecule has 0 radical (unpaired) electrons. The van der Waals surface area contributed by atoms with Crippen molar-refractivity contribution in [2.45, 2.75) is 12.5 Å². The van der Waals surface area contributed by atoms with Crippen molar-refractivity contribution in [1.29, 1.82) is 0 Å². The van der Waals surface area contributed by atoms with Crippen molar-refractivity contribution >= 4 is 49.1 Å². The van der Waals surface area contributed by atoms with Crippen LogP contribution in [0.25, 0.3) is 0 Å². The van der Waals surface area contributed by atoms with Crippen LogP contribution in [0.2, 0.25) is 0 Å². The minimum atomic E-state index is -0.0117. The van der Waals surface area contributed by atoms with E-state index in [0.717, 1.165) is 25.9 Å². The van der Waals surface area contributed by atoms with Gasteiger partial charge >= 0.3 is 0 Å². The fourth-order valence-corrected chi connectivity index (χ4v) is 3.73. The lowest BCUT2D eigenvalue weighted by Gasteiger charge is -2.32. The SMILES string of the molecule is CN1C(=O)CC(Nc2ccc(Br)cc2Br)c2ccccc21. The van der Waals surface area contributed by atoms with Crippen LogP contribution in [0.5, 0.6) is 0 Å². The van der Waals surface area contributed by atoms with Crippen molar-refractivity contribution in [3.63, 3.8) is 0 Å². The number of rotatable bonds is 2. The summed E-state index contributed by atoms with van der Waals surface area (Å²) in [7, 11) is 1.83. The molecule has 0 aliphatic carbocycles. The highest BCUT2D eigenvalue weighted by molar-refractivity contribution is 9.11. The zero-order valence-electron chi connectivity index (χ0n) is 11.4. The summed E-state index contributed by atoms with van der Waals surface area (Å²) in [6.07, 6.45) is 0.454. The van der Waals surface area contributed by atoms with Crippen molar-refractivity contribution < 1.29 is 4.79 Å². The quantitative estimate of drug-likeness (QED) is 0.777. The number of para-hydroxylation sites is 1. The van der Waals surface area contributed by atoms with Crippen LogP contribution < -0.4 is 10.2 Å². The summed E-state index contributed by atoms with van der Waals surface area (Å²) >= 11 is 7.00. The van der Waals surface area contributed by atoms with Gasteiger partial charge in [0.25, 0.3) is 0 Å². The first kappa shape index (κ1) is 14.6. The average Bonchev–Trinajstić information content (AvgIpc) is 2.47. The van der Waals surface area contributed by atoms with E-state index in [1.165, 1.54) is 0 Å². The van der Waals surface area contributed by atoms with E-state index in [2.05, 4.69) is 43.2 Å². The normalized spacial score (nSPS) is 17.6. The van der Waals surface area contributed by atoms with Crippen LogP contribution in [-0.2, 0) is 4.79 Å². The Kier molecular flexibility index (Phi) is 4.04. The van der Waals surface area contributed by atoms with E-state index in [4.69, 9.17) is 0 Å². The first-order valence-corrected chi connectivity index (χ1v) is 8.22. The fourth-order valence-electron chi connectivity index (χ4n) is 2.57. The topological polar surface area (TPSA) is 32.3 Å². The fraction of sp³-hybridized carbons (Fsp3) is 0.188. The Morgan fingerprint density at radius 3 is 2.71 bits per heavy atom. The summed E-state index contributed by atoms with van der Waals surface area (Å²) < 4.78 is 1.99. The Hall–Kier alpha value is -1.33. The molecule has 0 saturated heterocycles. The van der Waals surface area contributed by atoms with Crippen LogP contribution in [0.4, 0.5) is 11.4 Å². The largest absolute Gasteiger partial charge is 0.377 e. The number of hydrogen-bond acceptors (Lipinski definition) is 2. The molecule has 108 valence electrons. The molecule has 21 heavy (non-hydrogen) atoms. The van der Waals surface area contributed by atoms with E-state index in [0.29, 0.717) is 6.42 Å². The van der Waals surface area contributed by atoms with E-state index in [1.807, 2.05) is 43.4 Å².